The van der Waals surface area contributed by atoms with Gasteiger partial charge in [-0.1, -0.05) is 40.2 Å². The molecule has 4 nitrogen and oxygen atoms in total. The van der Waals surface area contributed by atoms with Crippen LogP contribution in [-0.4, -0.2) is 28.1 Å². The minimum Gasteiger partial charge on any atom is -0.325 e. The van der Waals surface area contributed by atoms with Crippen LogP contribution in [0.2, 0.25) is 0 Å². The Labute approximate surface area is 175 Å². The van der Waals surface area contributed by atoms with Crippen molar-refractivity contribution in [3.63, 3.8) is 0 Å². The van der Waals surface area contributed by atoms with Crippen LogP contribution in [0.15, 0.2) is 56.2 Å². The van der Waals surface area contributed by atoms with E-state index < -0.39 is 0 Å². The zero-order valence-electron chi connectivity index (χ0n) is 14.8. The van der Waals surface area contributed by atoms with E-state index in [1.54, 1.807) is 11.3 Å². The third-order valence-electron chi connectivity index (χ3n) is 4.71. The van der Waals surface area contributed by atoms with E-state index >= 15 is 0 Å². The highest BCUT2D eigenvalue weighted by Gasteiger charge is 2.38. The van der Waals surface area contributed by atoms with E-state index in [2.05, 4.69) is 32.7 Å². The molecule has 1 aromatic heterocycles. The van der Waals surface area contributed by atoms with E-state index in [1.165, 1.54) is 31.0 Å². The zero-order chi connectivity index (χ0) is 18.7. The van der Waals surface area contributed by atoms with Crippen LogP contribution < -0.4 is 5.32 Å². The number of benzene rings is 1. The Hall–Kier alpha value is -1.44. The zero-order valence-corrected chi connectivity index (χ0v) is 18.0. The van der Waals surface area contributed by atoms with Crippen molar-refractivity contribution in [3.05, 3.63) is 51.1 Å². The van der Waals surface area contributed by atoms with Gasteiger partial charge in [-0.05, 0) is 61.4 Å². The van der Waals surface area contributed by atoms with Gasteiger partial charge in [-0.2, -0.15) is 0 Å². The number of hydrogen-bond acceptors (Lipinski definition) is 5. The minimum atomic E-state index is -0.290. The van der Waals surface area contributed by atoms with Crippen molar-refractivity contribution in [1.29, 1.82) is 0 Å². The van der Waals surface area contributed by atoms with Crippen LogP contribution in [0.1, 0.15) is 37.0 Å². The second-order valence-electron chi connectivity index (χ2n) is 6.74. The molecule has 1 aromatic carbocycles. The lowest BCUT2D eigenvalue weighted by atomic mass is 9.90. The summed E-state index contributed by atoms with van der Waals surface area (Å²) in [6, 6.07) is 11.7. The summed E-state index contributed by atoms with van der Waals surface area (Å²) in [6.07, 6.45) is 5.63. The third-order valence-corrected chi connectivity index (χ3v) is 7.08. The lowest BCUT2D eigenvalue weighted by molar-refractivity contribution is -0.113. The van der Waals surface area contributed by atoms with Crippen molar-refractivity contribution in [2.45, 2.75) is 37.8 Å². The van der Waals surface area contributed by atoms with Crippen molar-refractivity contribution in [2.24, 2.45) is 9.98 Å². The molecule has 2 aromatic rings. The van der Waals surface area contributed by atoms with Crippen molar-refractivity contribution in [1.82, 2.24) is 0 Å². The number of nitrogens with zero attached hydrogens (tertiary/aromatic N) is 2. The van der Waals surface area contributed by atoms with Gasteiger partial charge < -0.3 is 5.32 Å². The molecule has 0 bridgehead atoms. The molecule has 0 saturated heterocycles. The molecular formula is C20H20BrN3OS2. The van der Waals surface area contributed by atoms with Crippen molar-refractivity contribution in [3.8, 4) is 0 Å². The van der Waals surface area contributed by atoms with Crippen LogP contribution in [0.25, 0.3) is 0 Å². The lowest BCUT2D eigenvalue weighted by Crippen LogP contribution is -2.25. The third kappa shape index (κ3) is 4.52. The van der Waals surface area contributed by atoms with Gasteiger partial charge in [-0.25, -0.2) is 4.99 Å². The standard InChI is InChI=1S/C20H20BrN3OS2/c21-14-6-8-15(9-7-14)22-17(25)13-27-19-18(16-5-4-12-26-16)23-20(24-19)10-2-1-3-11-20/h4-9,12H,1-3,10-11,13H2,(H,22,25). The minimum absolute atomic E-state index is 0.0276. The van der Waals surface area contributed by atoms with Crippen LogP contribution >= 0.6 is 39.0 Å². The van der Waals surface area contributed by atoms with Crippen molar-refractivity contribution < 1.29 is 4.79 Å². The Morgan fingerprint density at radius 2 is 1.93 bits per heavy atom. The first-order valence-electron chi connectivity index (χ1n) is 9.06. The van der Waals surface area contributed by atoms with Gasteiger partial charge in [0.1, 0.15) is 10.8 Å². The molecule has 0 atom stereocenters. The predicted octanol–water partition coefficient (Wildman–Crippen LogP) is 5.74. The Bertz CT molecular complexity index is 869. The summed E-state index contributed by atoms with van der Waals surface area (Å²) in [6.45, 7) is 0. The summed E-state index contributed by atoms with van der Waals surface area (Å²) in [7, 11) is 0. The number of amides is 1. The Kier molecular flexibility index (Phi) is 5.80. The number of thioether (sulfide) groups is 1. The smallest absolute Gasteiger partial charge is 0.234 e. The summed E-state index contributed by atoms with van der Waals surface area (Å²) in [4.78, 5) is 23.6. The van der Waals surface area contributed by atoms with Crippen LogP contribution in [0.3, 0.4) is 0 Å². The number of thiophene rings is 1. The first kappa shape index (κ1) is 18.9. The molecular weight excluding hydrogens is 442 g/mol. The molecule has 1 N–H and O–H groups in total. The molecule has 1 amide bonds. The molecule has 0 radical (unpaired) electrons. The van der Waals surface area contributed by atoms with Gasteiger partial charge in [0.05, 0.1) is 10.6 Å². The van der Waals surface area contributed by atoms with E-state index in [-0.39, 0.29) is 11.6 Å². The van der Waals surface area contributed by atoms with E-state index in [9.17, 15) is 4.79 Å². The molecule has 1 aliphatic heterocycles. The maximum atomic E-state index is 12.4. The summed E-state index contributed by atoms with van der Waals surface area (Å²) in [5.41, 5.74) is 1.48. The van der Waals surface area contributed by atoms with Crippen molar-refractivity contribution in [2.75, 3.05) is 11.1 Å². The van der Waals surface area contributed by atoms with Gasteiger partial charge >= 0.3 is 0 Å². The van der Waals surface area contributed by atoms with Gasteiger partial charge in [0.25, 0.3) is 0 Å². The van der Waals surface area contributed by atoms with E-state index in [0.717, 1.165) is 38.6 Å². The SMILES string of the molecule is O=C(CSC1=NC2(CCCCC2)N=C1c1cccs1)Nc1ccc(Br)cc1. The van der Waals surface area contributed by atoms with Crippen LogP contribution in [0.5, 0.6) is 0 Å². The maximum Gasteiger partial charge on any atom is 0.234 e. The van der Waals surface area contributed by atoms with E-state index in [0.29, 0.717) is 5.75 Å². The fraction of sp³-hybridized carbons (Fsp3) is 0.350. The Balaban J connectivity index is 1.46. The highest BCUT2D eigenvalue weighted by Crippen LogP contribution is 2.39. The second-order valence-corrected chi connectivity index (χ2v) is 9.57. The number of carbonyl (C=O) groups is 1. The van der Waals surface area contributed by atoms with Gasteiger partial charge in [-0.3, -0.25) is 9.79 Å². The van der Waals surface area contributed by atoms with E-state index in [1.807, 2.05) is 30.3 Å². The fourth-order valence-corrected chi connectivity index (χ4v) is 5.31. The summed E-state index contributed by atoms with van der Waals surface area (Å²) >= 11 is 6.58. The van der Waals surface area contributed by atoms with Crippen LogP contribution in [-0.2, 0) is 4.79 Å². The number of nitrogens with one attached hydrogen (secondary N) is 1. The fourth-order valence-electron chi connectivity index (χ4n) is 3.40. The quantitative estimate of drug-likeness (QED) is 0.630. The monoisotopic (exact) mass is 461 g/mol. The largest absolute Gasteiger partial charge is 0.325 e. The lowest BCUT2D eigenvalue weighted by Gasteiger charge is -2.27. The molecule has 1 spiro atoms. The second kappa shape index (κ2) is 8.29. The number of halogens is 1. The summed E-state index contributed by atoms with van der Waals surface area (Å²) < 4.78 is 0.991. The van der Waals surface area contributed by atoms with E-state index in [4.69, 9.17) is 9.98 Å². The predicted molar refractivity (Wildman–Crippen MR) is 119 cm³/mol. The van der Waals surface area contributed by atoms with Crippen molar-refractivity contribution >= 4 is 61.4 Å². The molecule has 2 heterocycles. The maximum absolute atomic E-state index is 12.4. The number of aliphatic imine (C=N–C) groups is 2. The molecule has 1 saturated carbocycles. The number of anilines is 1. The average molecular weight is 462 g/mol. The summed E-state index contributed by atoms with van der Waals surface area (Å²) in [5, 5.41) is 5.91. The average Bonchev–Trinajstić information content (AvgIpc) is 3.31. The van der Waals surface area contributed by atoms with Gasteiger partial charge in [0.2, 0.25) is 5.91 Å². The highest BCUT2D eigenvalue weighted by atomic mass is 79.9. The normalized spacial score (nSPS) is 18.3. The Morgan fingerprint density at radius 1 is 1.15 bits per heavy atom. The first-order valence-corrected chi connectivity index (χ1v) is 11.7. The molecule has 27 heavy (non-hydrogen) atoms. The first-order chi connectivity index (χ1) is 13.1. The topological polar surface area (TPSA) is 53.8 Å². The molecule has 1 fully saturated rings. The molecule has 7 heteroatoms. The molecule has 1 aliphatic carbocycles. The van der Waals surface area contributed by atoms with Gasteiger partial charge in [-0.15, -0.1) is 11.3 Å². The number of rotatable bonds is 4. The highest BCUT2D eigenvalue weighted by molar-refractivity contribution is 9.10. The molecule has 4 rings (SSSR count). The number of hydrogen-bond donors (Lipinski definition) is 1. The van der Waals surface area contributed by atoms with Crippen LogP contribution in [0, 0.1) is 0 Å². The molecule has 2 aliphatic rings. The molecule has 140 valence electrons. The van der Waals surface area contributed by atoms with Gasteiger partial charge in [0, 0.05) is 10.2 Å². The van der Waals surface area contributed by atoms with Crippen LogP contribution in [0.4, 0.5) is 5.69 Å². The van der Waals surface area contributed by atoms with Gasteiger partial charge in [0.15, 0.2) is 5.66 Å². The molecule has 0 unspecified atom stereocenters. The number of carbonyl (C=O) groups excluding carboxylic acids is 1. The summed E-state index contributed by atoms with van der Waals surface area (Å²) in [5.74, 6) is 0.301. The Morgan fingerprint density at radius 3 is 2.63 bits per heavy atom.